The van der Waals surface area contributed by atoms with E-state index in [0.29, 0.717) is 12.5 Å². The number of rotatable bonds is 8. The highest BCUT2D eigenvalue weighted by atomic mass is 32.2. The smallest absolute Gasteiger partial charge is 0.303 e. The van der Waals surface area contributed by atoms with Gasteiger partial charge in [-0.1, -0.05) is 43.2 Å². The van der Waals surface area contributed by atoms with E-state index >= 15 is 0 Å². The van der Waals surface area contributed by atoms with Crippen LogP contribution < -0.4 is 4.72 Å². The van der Waals surface area contributed by atoms with Gasteiger partial charge in [0.25, 0.3) is 0 Å². The molecule has 0 amide bonds. The monoisotopic (exact) mass is 496 g/mol. The number of fused-ring (bicyclic) bond motifs is 1. The Hall–Kier alpha value is -1.90. The third-order valence-electron chi connectivity index (χ3n) is 6.37. The minimum atomic E-state index is -4.57. The van der Waals surface area contributed by atoms with Crippen molar-refractivity contribution in [3.63, 3.8) is 0 Å². The SMILES string of the molecule is O=S(=O)(NCCCCCN1CCCCCc2ccccc2CCC1)c1cccc(C(F)(F)F)c1. The summed E-state index contributed by atoms with van der Waals surface area (Å²) >= 11 is 0. The normalized spacial score (nSPS) is 16.6. The maximum atomic E-state index is 12.9. The number of halogens is 3. The number of nitrogens with one attached hydrogen (secondary N) is 1. The number of nitrogens with zero attached hydrogens (tertiary/aromatic N) is 1. The van der Waals surface area contributed by atoms with Crippen LogP contribution in [0.25, 0.3) is 0 Å². The number of sulfonamides is 1. The summed E-state index contributed by atoms with van der Waals surface area (Å²) < 4.78 is 65.7. The van der Waals surface area contributed by atoms with E-state index in [1.165, 1.54) is 36.5 Å². The molecule has 0 unspecified atom stereocenters. The lowest BCUT2D eigenvalue weighted by Gasteiger charge is -2.22. The van der Waals surface area contributed by atoms with Gasteiger partial charge in [0.2, 0.25) is 10.0 Å². The van der Waals surface area contributed by atoms with E-state index < -0.39 is 21.8 Å². The molecule has 8 heteroatoms. The average molecular weight is 497 g/mol. The van der Waals surface area contributed by atoms with Crippen molar-refractivity contribution in [2.24, 2.45) is 0 Å². The molecule has 1 N–H and O–H groups in total. The van der Waals surface area contributed by atoms with Gasteiger partial charge in [-0.2, -0.15) is 13.2 Å². The third kappa shape index (κ3) is 8.40. The molecule has 4 nitrogen and oxygen atoms in total. The van der Waals surface area contributed by atoms with Crippen LogP contribution in [-0.2, 0) is 29.0 Å². The van der Waals surface area contributed by atoms with Gasteiger partial charge in [-0.3, -0.25) is 0 Å². The van der Waals surface area contributed by atoms with Gasteiger partial charge in [-0.15, -0.1) is 0 Å². The highest BCUT2D eigenvalue weighted by Gasteiger charge is 2.31. The highest BCUT2D eigenvalue weighted by molar-refractivity contribution is 7.89. The minimum Gasteiger partial charge on any atom is -0.303 e. The molecule has 34 heavy (non-hydrogen) atoms. The van der Waals surface area contributed by atoms with Crippen molar-refractivity contribution in [3.8, 4) is 0 Å². The Kier molecular flexibility index (Phi) is 9.97. The van der Waals surface area contributed by atoms with Gasteiger partial charge < -0.3 is 4.90 Å². The van der Waals surface area contributed by atoms with E-state index in [1.807, 2.05) is 0 Å². The quantitative estimate of drug-likeness (QED) is 0.469. The van der Waals surface area contributed by atoms with Crippen molar-refractivity contribution in [2.45, 2.75) is 68.9 Å². The number of unbranched alkanes of at least 4 members (excludes halogenated alkanes) is 2. The molecular weight excluding hydrogens is 461 g/mol. The average Bonchev–Trinajstić information content (AvgIpc) is 2.85. The summed E-state index contributed by atoms with van der Waals surface area (Å²) in [5, 5.41) is 0. The van der Waals surface area contributed by atoms with Crippen LogP contribution >= 0.6 is 0 Å². The molecule has 1 heterocycles. The second-order valence-electron chi connectivity index (χ2n) is 9.01. The topological polar surface area (TPSA) is 49.4 Å². The fourth-order valence-electron chi connectivity index (χ4n) is 4.47. The number of aryl methyl sites for hydroxylation is 2. The Morgan fingerprint density at radius 1 is 0.824 bits per heavy atom. The zero-order chi connectivity index (χ0) is 24.4. The first-order valence-electron chi connectivity index (χ1n) is 12.2. The Labute approximate surface area is 201 Å². The summed E-state index contributed by atoms with van der Waals surface area (Å²) in [5.74, 6) is 0. The predicted octanol–water partition coefficient (Wildman–Crippen LogP) is 5.82. The molecule has 1 aliphatic rings. The fraction of sp³-hybridized carbons (Fsp3) is 0.538. The fourth-order valence-corrected chi connectivity index (χ4v) is 5.59. The molecular formula is C26H35F3N2O2S. The van der Waals surface area contributed by atoms with Gasteiger partial charge in [0.05, 0.1) is 10.5 Å². The highest BCUT2D eigenvalue weighted by Crippen LogP contribution is 2.30. The zero-order valence-corrected chi connectivity index (χ0v) is 20.4. The van der Waals surface area contributed by atoms with Gasteiger partial charge in [0, 0.05) is 6.54 Å². The Bertz CT molecular complexity index is 1010. The van der Waals surface area contributed by atoms with Crippen LogP contribution in [0.1, 0.15) is 61.6 Å². The molecule has 0 atom stereocenters. The maximum Gasteiger partial charge on any atom is 0.416 e. The first-order valence-corrected chi connectivity index (χ1v) is 13.7. The Morgan fingerprint density at radius 2 is 1.53 bits per heavy atom. The van der Waals surface area contributed by atoms with E-state index in [4.69, 9.17) is 0 Å². The van der Waals surface area contributed by atoms with Gasteiger partial charge in [-0.25, -0.2) is 13.1 Å². The maximum absolute atomic E-state index is 12.9. The van der Waals surface area contributed by atoms with Gasteiger partial charge >= 0.3 is 6.18 Å². The molecule has 2 aromatic carbocycles. The van der Waals surface area contributed by atoms with Gasteiger partial charge in [-0.05, 0) is 93.9 Å². The lowest BCUT2D eigenvalue weighted by atomic mass is 9.98. The van der Waals surface area contributed by atoms with Crippen LogP contribution in [0.3, 0.4) is 0 Å². The van der Waals surface area contributed by atoms with Gasteiger partial charge in [0.1, 0.15) is 0 Å². The Balaban J connectivity index is 1.39. The second-order valence-corrected chi connectivity index (χ2v) is 10.8. The molecule has 3 rings (SSSR count). The lowest BCUT2D eigenvalue weighted by Crippen LogP contribution is -2.28. The molecule has 0 spiro atoms. The van der Waals surface area contributed by atoms with Gasteiger partial charge in [0.15, 0.2) is 0 Å². The van der Waals surface area contributed by atoms with E-state index in [1.54, 1.807) is 0 Å². The second kappa shape index (κ2) is 12.7. The van der Waals surface area contributed by atoms with Crippen molar-refractivity contribution >= 4 is 10.0 Å². The molecule has 0 aromatic heterocycles. The summed E-state index contributed by atoms with van der Waals surface area (Å²) in [6.07, 6.45) is 4.95. The largest absolute Gasteiger partial charge is 0.416 e. The minimum absolute atomic E-state index is 0.218. The summed E-state index contributed by atoms with van der Waals surface area (Å²) in [6.45, 7) is 3.37. The first-order chi connectivity index (χ1) is 16.3. The first kappa shape index (κ1) is 26.7. The van der Waals surface area contributed by atoms with Crippen LogP contribution in [0, 0.1) is 0 Å². The molecule has 0 saturated heterocycles. The van der Waals surface area contributed by atoms with Crippen LogP contribution in [0.15, 0.2) is 53.4 Å². The number of benzene rings is 2. The van der Waals surface area contributed by atoms with Crippen LogP contribution in [0.5, 0.6) is 0 Å². The summed E-state index contributed by atoms with van der Waals surface area (Å²) in [5.41, 5.74) is 2.00. The van der Waals surface area contributed by atoms with Crippen molar-refractivity contribution in [2.75, 3.05) is 26.2 Å². The van der Waals surface area contributed by atoms with Crippen molar-refractivity contribution in [1.82, 2.24) is 9.62 Å². The van der Waals surface area contributed by atoms with Crippen LogP contribution in [0.4, 0.5) is 13.2 Å². The van der Waals surface area contributed by atoms with Crippen LogP contribution in [-0.4, -0.2) is 39.5 Å². The van der Waals surface area contributed by atoms with Crippen molar-refractivity contribution < 1.29 is 21.6 Å². The molecule has 0 bridgehead atoms. The molecule has 0 aliphatic carbocycles. The molecule has 1 aliphatic heterocycles. The molecule has 0 saturated carbocycles. The van der Waals surface area contributed by atoms with E-state index in [-0.39, 0.29) is 11.4 Å². The van der Waals surface area contributed by atoms with Crippen LogP contribution in [0.2, 0.25) is 0 Å². The predicted molar refractivity (Wildman–Crippen MR) is 129 cm³/mol. The molecule has 0 fully saturated rings. The molecule has 2 aromatic rings. The van der Waals surface area contributed by atoms with Crippen molar-refractivity contribution in [1.29, 1.82) is 0 Å². The lowest BCUT2D eigenvalue weighted by molar-refractivity contribution is -0.137. The summed E-state index contributed by atoms with van der Waals surface area (Å²) in [4.78, 5) is 2.16. The summed E-state index contributed by atoms with van der Waals surface area (Å²) in [7, 11) is -3.96. The third-order valence-corrected chi connectivity index (χ3v) is 7.83. The van der Waals surface area contributed by atoms with Crippen molar-refractivity contribution in [3.05, 3.63) is 65.2 Å². The van der Waals surface area contributed by atoms with E-state index in [0.717, 1.165) is 63.9 Å². The van der Waals surface area contributed by atoms with E-state index in [2.05, 4.69) is 33.9 Å². The Morgan fingerprint density at radius 3 is 2.26 bits per heavy atom. The zero-order valence-electron chi connectivity index (χ0n) is 19.6. The number of hydrogen-bond donors (Lipinski definition) is 1. The number of alkyl halides is 3. The molecule has 0 radical (unpaired) electrons. The summed E-state index contributed by atoms with van der Waals surface area (Å²) in [6, 6.07) is 12.6. The standard InChI is InChI=1S/C26H35F3N2O2S/c27-26(28,29)24-15-9-16-25(21-24)34(32,33)30-17-6-2-8-19-31-18-7-1-3-11-22-12-4-5-13-23(22)14-10-20-31/h4-5,9,12-13,15-16,21,30H,1-3,6-8,10-11,14,17-20H2. The molecule has 188 valence electrons. The van der Waals surface area contributed by atoms with E-state index in [9.17, 15) is 21.6 Å². The number of hydrogen-bond acceptors (Lipinski definition) is 3.